The Bertz CT molecular complexity index is 1210. The standard InChI is InChI=1S/C25H25N5O/c1-3-30(4-2)22-13-9-18(10-14-22)17-26-29-25(31)24-16-23(27-28-24)21-12-11-19-7-5-6-8-20(19)15-21/h5-17H,3-4H2,1-2H3,(H,27,28)(H,29,31)/b26-17+. The lowest BCUT2D eigenvalue weighted by molar-refractivity contribution is 0.0950. The van der Waals surface area contributed by atoms with Crippen molar-refractivity contribution in [3.63, 3.8) is 0 Å². The molecule has 4 aromatic rings. The maximum atomic E-state index is 12.4. The summed E-state index contributed by atoms with van der Waals surface area (Å²) in [5, 5.41) is 13.4. The van der Waals surface area contributed by atoms with Crippen molar-refractivity contribution in [3.8, 4) is 11.3 Å². The van der Waals surface area contributed by atoms with E-state index < -0.39 is 0 Å². The van der Waals surface area contributed by atoms with E-state index >= 15 is 0 Å². The number of H-pyrrole nitrogens is 1. The van der Waals surface area contributed by atoms with E-state index in [1.807, 2.05) is 30.3 Å². The van der Waals surface area contributed by atoms with Crippen molar-refractivity contribution >= 4 is 28.6 Å². The molecule has 3 aromatic carbocycles. The normalized spacial score (nSPS) is 11.2. The number of aromatic nitrogens is 2. The highest BCUT2D eigenvalue weighted by Gasteiger charge is 2.11. The molecule has 6 heteroatoms. The number of hydrogen-bond acceptors (Lipinski definition) is 4. The molecule has 31 heavy (non-hydrogen) atoms. The number of anilines is 1. The Morgan fingerprint density at radius 3 is 2.48 bits per heavy atom. The van der Waals surface area contributed by atoms with E-state index in [1.165, 1.54) is 11.1 Å². The smallest absolute Gasteiger partial charge is 0.289 e. The Hall–Kier alpha value is -3.93. The maximum absolute atomic E-state index is 12.4. The Morgan fingerprint density at radius 1 is 1.00 bits per heavy atom. The van der Waals surface area contributed by atoms with Gasteiger partial charge in [0.1, 0.15) is 5.69 Å². The molecular weight excluding hydrogens is 386 g/mol. The lowest BCUT2D eigenvalue weighted by Crippen LogP contribution is -2.21. The number of carbonyl (C=O) groups is 1. The van der Waals surface area contributed by atoms with Crippen LogP contribution in [0.3, 0.4) is 0 Å². The van der Waals surface area contributed by atoms with Gasteiger partial charge in [0.25, 0.3) is 5.91 Å². The molecule has 0 radical (unpaired) electrons. The molecule has 1 amide bonds. The summed E-state index contributed by atoms with van der Waals surface area (Å²) in [6.07, 6.45) is 1.63. The quantitative estimate of drug-likeness (QED) is 0.338. The number of amides is 1. The van der Waals surface area contributed by atoms with E-state index in [0.717, 1.165) is 29.6 Å². The van der Waals surface area contributed by atoms with E-state index in [9.17, 15) is 4.79 Å². The van der Waals surface area contributed by atoms with Crippen LogP contribution < -0.4 is 10.3 Å². The maximum Gasteiger partial charge on any atom is 0.289 e. The molecule has 0 saturated heterocycles. The van der Waals surface area contributed by atoms with Crippen LogP contribution in [-0.2, 0) is 0 Å². The van der Waals surface area contributed by atoms with Crippen LogP contribution in [0.1, 0.15) is 29.9 Å². The third kappa shape index (κ3) is 4.64. The minimum absolute atomic E-state index is 0.337. The van der Waals surface area contributed by atoms with Gasteiger partial charge < -0.3 is 4.90 Å². The van der Waals surface area contributed by atoms with E-state index in [1.54, 1.807) is 12.3 Å². The largest absolute Gasteiger partial charge is 0.372 e. The zero-order valence-corrected chi connectivity index (χ0v) is 17.7. The van der Waals surface area contributed by atoms with E-state index in [-0.39, 0.29) is 5.91 Å². The average molecular weight is 412 g/mol. The number of nitrogens with one attached hydrogen (secondary N) is 2. The number of hydrazone groups is 1. The molecule has 0 saturated carbocycles. The second-order valence-corrected chi connectivity index (χ2v) is 7.19. The third-order valence-electron chi connectivity index (χ3n) is 5.27. The molecule has 0 unspecified atom stereocenters. The van der Waals surface area contributed by atoms with Gasteiger partial charge in [-0.15, -0.1) is 0 Å². The molecule has 0 aliphatic rings. The van der Waals surface area contributed by atoms with Crippen LogP contribution in [0.5, 0.6) is 0 Å². The Labute approximate surface area is 181 Å². The molecule has 0 bridgehead atoms. The Kier molecular flexibility index (Phi) is 6.08. The van der Waals surface area contributed by atoms with Crippen LogP contribution in [0, 0.1) is 0 Å². The molecule has 6 nitrogen and oxygen atoms in total. The SMILES string of the molecule is CCN(CC)c1ccc(/C=N/NC(=O)c2cc(-c3ccc4ccccc4c3)n[nH]2)cc1. The molecule has 0 fully saturated rings. The van der Waals surface area contributed by atoms with Gasteiger partial charge in [-0.05, 0) is 54.4 Å². The van der Waals surface area contributed by atoms with Crippen LogP contribution in [0.25, 0.3) is 22.0 Å². The molecular formula is C25H25N5O. The molecule has 2 N–H and O–H groups in total. The van der Waals surface area contributed by atoms with Gasteiger partial charge in [-0.25, -0.2) is 5.43 Å². The highest BCUT2D eigenvalue weighted by molar-refractivity contribution is 5.94. The Balaban J connectivity index is 1.40. The summed E-state index contributed by atoms with van der Waals surface area (Å²) in [7, 11) is 0. The number of fused-ring (bicyclic) bond motifs is 1. The van der Waals surface area contributed by atoms with Crippen molar-refractivity contribution in [2.75, 3.05) is 18.0 Å². The van der Waals surface area contributed by atoms with Crippen molar-refractivity contribution < 1.29 is 4.79 Å². The minimum atomic E-state index is -0.337. The molecule has 0 atom stereocenters. The van der Waals surface area contributed by atoms with Crippen LogP contribution in [0.2, 0.25) is 0 Å². The first-order valence-electron chi connectivity index (χ1n) is 10.4. The topological polar surface area (TPSA) is 73.4 Å². The van der Waals surface area contributed by atoms with Crippen molar-refractivity contribution in [1.29, 1.82) is 0 Å². The molecule has 0 aliphatic carbocycles. The summed E-state index contributed by atoms with van der Waals surface area (Å²) in [6.45, 7) is 6.20. The zero-order valence-electron chi connectivity index (χ0n) is 17.7. The minimum Gasteiger partial charge on any atom is -0.372 e. The van der Waals surface area contributed by atoms with Gasteiger partial charge >= 0.3 is 0 Å². The number of aromatic amines is 1. The summed E-state index contributed by atoms with van der Waals surface area (Å²) in [5.41, 5.74) is 6.66. The third-order valence-corrected chi connectivity index (χ3v) is 5.27. The first-order valence-corrected chi connectivity index (χ1v) is 10.4. The zero-order chi connectivity index (χ0) is 21.6. The second-order valence-electron chi connectivity index (χ2n) is 7.19. The lowest BCUT2D eigenvalue weighted by Gasteiger charge is -2.20. The summed E-state index contributed by atoms with van der Waals surface area (Å²) in [5.74, 6) is -0.337. The van der Waals surface area contributed by atoms with Crippen LogP contribution in [0.15, 0.2) is 77.9 Å². The van der Waals surface area contributed by atoms with Gasteiger partial charge in [0.2, 0.25) is 0 Å². The summed E-state index contributed by atoms with van der Waals surface area (Å²) >= 11 is 0. The van der Waals surface area contributed by atoms with Gasteiger partial charge in [0.05, 0.1) is 11.9 Å². The van der Waals surface area contributed by atoms with Gasteiger partial charge in [0, 0.05) is 24.3 Å². The van der Waals surface area contributed by atoms with E-state index in [4.69, 9.17) is 0 Å². The van der Waals surface area contributed by atoms with Crippen LogP contribution in [-0.4, -0.2) is 35.4 Å². The number of hydrogen-bond donors (Lipinski definition) is 2. The van der Waals surface area contributed by atoms with Gasteiger partial charge in [-0.3, -0.25) is 9.89 Å². The van der Waals surface area contributed by atoms with Crippen molar-refractivity contribution in [3.05, 3.63) is 84.1 Å². The van der Waals surface area contributed by atoms with Crippen molar-refractivity contribution in [2.45, 2.75) is 13.8 Å². The molecule has 1 aromatic heterocycles. The number of carbonyl (C=O) groups excluding carboxylic acids is 1. The Morgan fingerprint density at radius 2 is 1.74 bits per heavy atom. The first-order chi connectivity index (χ1) is 15.2. The average Bonchev–Trinajstić information content (AvgIpc) is 3.31. The van der Waals surface area contributed by atoms with Crippen LogP contribution >= 0.6 is 0 Å². The predicted molar refractivity (Wildman–Crippen MR) is 127 cm³/mol. The van der Waals surface area contributed by atoms with Gasteiger partial charge in [-0.1, -0.05) is 48.5 Å². The van der Waals surface area contributed by atoms with Gasteiger partial charge in [-0.2, -0.15) is 10.2 Å². The van der Waals surface area contributed by atoms with E-state index in [2.05, 4.69) is 75.9 Å². The molecule has 0 spiro atoms. The molecule has 4 rings (SSSR count). The fraction of sp³-hybridized carbons (Fsp3) is 0.160. The fourth-order valence-corrected chi connectivity index (χ4v) is 3.52. The number of nitrogens with zero attached hydrogens (tertiary/aromatic N) is 3. The predicted octanol–water partition coefficient (Wildman–Crippen LogP) is 4.84. The fourth-order valence-electron chi connectivity index (χ4n) is 3.52. The van der Waals surface area contributed by atoms with Crippen LogP contribution in [0.4, 0.5) is 5.69 Å². The number of benzene rings is 3. The van der Waals surface area contributed by atoms with Crippen molar-refractivity contribution in [2.24, 2.45) is 5.10 Å². The molecule has 1 heterocycles. The lowest BCUT2D eigenvalue weighted by atomic mass is 10.1. The number of rotatable bonds is 7. The summed E-state index contributed by atoms with van der Waals surface area (Å²) in [6, 6.07) is 24.1. The second kappa shape index (κ2) is 9.26. The highest BCUT2D eigenvalue weighted by atomic mass is 16.2. The summed E-state index contributed by atoms with van der Waals surface area (Å²) in [4.78, 5) is 14.7. The molecule has 0 aliphatic heterocycles. The van der Waals surface area contributed by atoms with Gasteiger partial charge in [0.15, 0.2) is 0 Å². The molecule has 156 valence electrons. The highest BCUT2D eigenvalue weighted by Crippen LogP contribution is 2.23. The first kappa shape index (κ1) is 20.3. The monoisotopic (exact) mass is 411 g/mol. The summed E-state index contributed by atoms with van der Waals surface area (Å²) < 4.78 is 0. The van der Waals surface area contributed by atoms with Crippen molar-refractivity contribution in [1.82, 2.24) is 15.6 Å². The van der Waals surface area contributed by atoms with E-state index in [0.29, 0.717) is 11.4 Å².